The topological polar surface area (TPSA) is 72.9 Å². The van der Waals surface area contributed by atoms with Gasteiger partial charge in [-0.2, -0.15) is 0 Å². The average Bonchev–Trinajstić information content (AvgIpc) is 3.17. The van der Waals surface area contributed by atoms with Crippen molar-refractivity contribution in [1.82, 2.24) is 9.80 Å². The van der Waals surface area contributed by atoms with Crippen LogP contribution < -0.4 is 5.11 Å². The largest absolute Gasteiger partial charge is 0.548 e. The van der Waals surface area contributed by atoms with Crippen LogP contribution in [0.5, 0.6) is 0 Å². The highest BCUT2D eigenvalue weighted by atomic mass is 16.6. The van der Waals surface area contributed by atoms with Gasteiger partial charge in [-0.05, 0) is 33.1 Å². The average molecular weight is 297 g/mol. The van der Waals surface area contributed by atoms with Crippen LogP contribution in [0, 0.1) is 5.92 Å². The van der Waals surface area contributed by atoms with Crippen molar-refractivity contribution in [3.05, 3.63) is 0 Å². The van der Waals surface area contributed by atoms with Gasteiger partial charge in [0.2, 0.25) is 0 Å². The molecule has 1 unspecified atom stereocenters. The zero-order valence-electron chi connectivity index (χ0n) is 13.1. The second kappa shape index (κ2) is 6.22. The molecule has 1 saturated heterocycles. The van der Waals surface area contributed by atoms with Gasteiger partial charge < -0.3 is 19.5 Å². The van der Waals surface area contributed by atoms with Gasteiger partial charge in [-0.1, -0.05) is 12.8 Å². The summed E-state index contributed by atoms with van der Waals surface area (Å²) in [6.07, 6.45) is 2.60. The molecule has 1 atom stereocenters. The predicted octanol–water partition coefficient (Wildman–Crippen LogP) is 0.458. The molecule has 6 heteroatoms. The van der Waals surface area contributed by atoms with Crippen LogP contribution in [0.1, 0.15) is 40.0 Å². The van der Waals surface area contributed by atoms with E-state index in [0.29, 0.717) is 38.5 Å². The summed E-state index contributed by atoms with van der Waals surface area (Å²) in [7, 11) is 0. The summed E-state index contributed by atoms with van der Waals surface area (Å²) in [6, 6.07) is -0.515. The summed E-state index contributed by atoms with van der Waals surface area (Å²) in [5, 5.41) is 11.3. The number of amides is 1. The molecule has 0 aromatic rings. The van der Waals surface area contributed by atoms with Gasteiger partial charge >= 0.3 is 6.09 Å². The zero-order valence-corrected chi connectivity index (χ0v) is 13.1. The first-order chi connectivity index (χ1) is 9.76. The van der Waals surface area contributed by atoms with Crippen molar-refractivity contribution in [3.8, 4) is 0 Å². The molecule has 0 aromatic carbocycles. The summed E-state index contributed by atoms with van der Waals surface area (Å²) >= 11 is 0. The van der Waals surface area contributed by atoms with Crippen molar-refractivity contribution in [2.75, 3.05) is 26.2 Å². The third-order valence-electron chi connectivity index (χ3n) is 3.93. The molecule has 6 nitrogen and oxygen atoms in total. The number of carboxylic acids is 1. The number of hydrogen-bond acceptors (Lipinski definition) is 5. The molecule has 1 aliphatic carbocycles. The van der Waals surface area contributed by atoms with Crippen LogP contribution in [0.25, 0.3) is 0 Å². The van der Waals surface area contributed by atoms with Crippen LogP contribution in [0.2, 0.25) is 0 Å². The van der Waals surface area contributed by atoms with E-state index in [1.54, 1.807) is 4.90 Å². The third-order valence-corrected chi connectivity index (χ3v) is 3.93. The van der Waals surface area contributed by atoms with Gasteiger partial charge in [-0.3, -0.25) is 4.90 Å². The van der Waals surface area contributed by atoms with E-state index in [4.69, 9.17) is 4.74 Å². The summed E-state index contributed by atoms with van der Waals surface area (Å²) in [5.74, 6) is -0.454. The van der Waals surface area contributed by atoms with E-state index in [9.17, 15) is 14.7 Å². The van der Waals surface area contributed by atoms with Crippen LogP contribution in [0.3, 0.4) is 0 Å². The first-order valence-corrected chi connectivity index (χ1v) is 7.69. The molecule has 0 spiro atoms. The summed E-state index contributed by atoms with van der Waals surface area (Å²) in [4.78, 5) is 26.8. The number of ether oxygens (including phenoxy) is 1. The maximum Gasteiger partial charge on any atom is 0.410 e. The number of carbonyl (C=O) groups is 2. The number of piperazine rings is 1. The van der Waals surface area contributed by atoms with Gasteiger partial charge in [0.1, 0.15) is 5.60 Å². The predicted molar refractivity (Wildman–Crippen MR) is 75.5 cm³/mol. The molecule has 2 rings (SSSR count). The Hall–Kier alpha value is -1.30. The highest BCUT2D eigenvalue weighted by molar-refractivity contribution is 5.71. The molecule has 120 valence electrons. The van der Waals surface area contributed by atoms with Crippen LogP contribution >= 0.6 is 0 Å². The van der Waals surface area contributed by atoms with Crippen molar-refractivity contribution in [2.45, 2.75) is 51.7 Å². The Balaban J connectivity index is 1.83. The fourth-order valence-corrected chi connectivity index (χ4v) is 2.61. The molecule has 0 aromatic heterocycles. The minimum absolute atomic E-state index is 0.325. The van der Waals surface area contributed by atoms with Gasteiger partial charge in [0, 0.05) is 32.2 Å². The van der Waals surface area contributed by atoms with Crippen molar-refractivity contribution >= 4 is 12.1 Å². The van der Waals surface area contributed by atoms with Crippen molar-refractivity contribution in [1.29, 1.82) is 0 Å². The van der Waals surface area contributed by atoms with E-state index in [0.717, 1.165) is 12.8 Å². The highest BCUT2D eigenvalue weighted by Crippen LogP contribution is 2.34. The Morgan fingerprint density at radius 3 is 2.19 bits per heavy atom. The Bertz CT molecular complexity index is 393. The van der Waals surface area contributed by atoms with E-state index in [1.165, 1.54) is 0 Å². The highest BCUT2D eigenvalue weighted by Gasteiger charge is 2.33. The Morgan fingerprint density at radius 1 is 1.19 bits per heavy atom. The SMILES string of the molecule is CC(C)(C)OC(=O)N1CCN(C(CC2CC2)C(=O)[O-])CC1. The van der Waals surface area contributed by atoms with E-state index in [2.05, 4.69) is 0 Å². The lowest BCUT2D eigenvalue weighted by Gasteiger charge is -2.40. The number of hydrogen-bond donors (Lipinski definition) is 0. The fraction of sp³-hybridized carbons (Fsp3) is 0.867. The summed E-state index contributed by atoms with van der Waals surface area (Å²) in [6.45, 7) is 7.64. The molecule has 2 aliphatic rings. The van der Waals surface area contributed by atoms with Gasteiger partial charge in [-0.25, -0.2) is 4.79 Å². The number of carbonyl (C=O) groups excluding carboxylic acids is 2. The fourth-order valence-electron chi connectivity index (χ4n) is 2.61. The normalized spacial score (nSPS) is 22.0. The molecular formula is C15H25N2O4-. The van der Waals surface area contributed by atoms with Gasteiger partial charge in [0.25, 0.3) is 0 Å². The van der Waals surface area contributed by atoms with Crippen molar-refractivity contribution in [3.63, 3.8) is 0 Å². The van der Waals surface area contributed by atoms with Gasteiger partial charge in [0.05, 0.1) is 5.97 Å². The first kappa shape index (κ1) is 16.1. The smallest absolute Gasteiger partial charge is 0.410 e. The standard InChI is InChI=1S/C15H26N2O4/c1-15(2,3)21-14(20)17-8-6-16(7-9-17)12(13(18)19)10-11-4-5-11/h11-12H,4-10H2,1-3H3,(H,18,19)/p-1. The lowest BCUT2D eigenvalue weighted by Crippen LogP contribution is -2.57. The van der Waals surface area contributed by atoms with Crippen molar-refractivity contribution < 1.29 is 19.4 Å². The number of nitrogens with zero attached hydrogens (tertiary/aromatic N) is 2. The van der Waals surface area contributed by atoms with Crippen LogP contribution in [-0.4, -0.2) is 59.7 Å². The van der Waals surface area contributed by atoms with Crippen LogP contribution in [0.15, 0.2) is 0 Å². The molecule has 1 amide bonds. The summed E-state index contributed by atoms with van der Waals surface area (Å²) < 4.78 is 5.33. The minimum atomic E-state index is -0.993. The maximum absolute atomic E-state index is 12.0. The van der Waals surface area contributed by atoms with E-state index in [-0.39, 0.29) is 6.09 Å². The lowest BCUT2D eigenvalue weighted by molar-refractivity contribution is -0.312. The second-order valence-electron chi connectivity index (χ2n) is 7.02. The van der Waals surface area contributed by atoms with Crippen LogP contribution in [0.4, 0.5) is 4.79 Å². The molecule has 1 saturated carbocycles. The van der Waals surface area contributed by atoms with Crippen LogP contribution in [-0.2, 0) is 9.53 Å². The van der Waals surface area contributed by atoms with E-state index < -0.39 is 17.6 Å². The minimum Gasteiger partial charge on any atom is -0.548 e. The quantitative estimate of drug-likeness (QED) is 0.753. The monoisotopic (exact) mass is 297 g/mol. The number of aliphatic carboxylic acids is 1. The van der Waals surface area contributed by atoms with E-state index in [1.807, 2.05) is 25.7 Å². The Morgan fingerprint density at radius 2 is 1.76 bits per heavy atom. The third kappa shape index (κ3) is 4.88. The van der Waals surface area contributed by atoms with E-state index >= 15 is 0 Å². The first-order valence-electron chi connectivity index (χ1n) is 7.69. The lowest BCUT2D eigenvalue weighted by atomic mass is 10.1. The molecule has 1 aliphatic heterocycles. The number of rotatable bonds is 4. The molecule has 0 radical (unpaired) electrons. The molecule has 2 fully saturated rings. The molecule has 0 N–H and O–H groups in total. The van der Waals surface area contributed by atoms with Crippen molar-refractivity contribution in [2.24, 2.45) is 5.92 Å². The molecule has 0 bridgehead atoms. The molecular weight excluding hydrogens is 272 g/mol. The van der Waals surface area contributed by atoms with Gasteiger partial charge in [0.15, 0.2) is 0 Å². The molecule has 21 heavy (non-hydrogen) atoms. The second-order valence-corrected chi connectivity index (χ2v) is 7.02. The van der Waals surface area contributed by atoms with Gasteiger partial charge in [-0.15, -0.1) is 0 Å². The Kier molecular flexibility index (Phi) is 4.76. The maximum atomic E-state index is 12.0. The summed E-state index contributed by atoms with van der Waals surface area (Å²) in [5.41, 5.74) is -0.506. The Labute approximate surface area is 126 Å². The number of carboxylic acid groups (broad SMARTS) is 1. The zero-order chi connectivity index (χ0) is 15.6. The molecule has 1 heterocycles.